The molecule has 0 amide bonds. The Morgan fingerprint density at radius 2 is 2.05 bits per heavy atom. The van der Waals surface area contributed by atoms with E-state index in [1.54, 1.807) is 0 Å². The molecule has 19 heavy (non-hydrogen) atoms. The third kappa shape index (κ3) is 3.38. The number of aromatic nitrogens is 4. The molecule has 1 aromatic heterocycles. The maximum absolute atomic E-state index is 4.10. The Kier molecular flexibility index (Phi) is 4.27. The smallest absolute Gasteiger partial charge is 0.170 e. The molecule has 0 unspecified atom stereocenters. The van der Waals surface area contributed by atoms with Crippen LogP contribution in [-0.4, -0.2) is 26.8 Å². The highest BCUT2D eigenvalue weighted by atomic mass is 15.5. The fourth-order valence-electron chi connectivity index (χ4n) is 1.92. The Bertz CT molecular complexity index is 545. The van der Waals surface area contributed by atoms with Crippen molar-refractivity contribution in [2.45, 2.75) is 34.2 Å². The summed E-state index contributed by atoms with van der Waals surface area (Å²) in [5, 5.41) is 15.4. The number of rotatable bonds is 5. The van der Waals surface area contributed by atoms with Crippen molar-refractivity contribution in [1.82, 2.24) is 25.5 Å². The summed E-state index contributed by atoms with van der Waals surface area (Å²) in [7, 11) is 0. The molecule has 0 spiro atoms. The molecule has 102 valence electrons. The molecule has 5 heteroatoms. The van der Waals surface area contributed by atoms with Crippen LogP contribution in [0.15, 0.2) is 18.2 Å². The average Bonchev–Trinajstić information content (AvgIpc) is 2.80. The Morgan fingerprint density at radius 1 is 1.26 bits per heavy atom. The molecule has 1 aromatic carbocycles. The number of tetrazole rings is 1. The van der Waals surface area contributed by atoms with Crippen LogP contribution in [0.5, 0.6) is 0 Å². The summed E-state index contributed by atoms with van der Waals surface area (Å²) < 4.78 is 1.82. The van der Waals surface area contributed by atoms with E-state index in [2.05, 4.69) is 66.7 Å². The average molecular weight is 259 g/mol. The van der Waals surface area contributed by atoms with Gasteiger partial charge in [0.15, 0.2) is 5.82 Å². The Morgan fingerprint density at radius 3 is 2.79 bits per heavy atom. The van der Waals surface area contributed by atoms with Gasteiger partial charge in [-0.05, 0) is 53.9 Å². The van der Waals surface area contributed by atoms with E-state index in [0.717, 1.165) is 18.1 Å². The van der Waals surface area contributed by atoms with Crippen molar-refractivity contribution < 1.29 is 0 Å². The van der Waals surface area contributed by atoms with Gasteiger partial charge in [-0.25, -0.2) is 0 Å². The second-order valence-electron chi connectivity index (χ2n) is 5.32. The van der Waals surface area contributed by atoms with Crippen LogP contribution in [0.25, 0.3) is 5.69 Å². The van der Waals surface area contributed by atoms with E-state index < -0.39 is 0 Å². The molecule has 0 atom stereocenters. The summed E-state index contributed by atoms with van der Waals surface area (Å²) in [6.45, 7) is 10.1. The first-order valence-corrected chi connectivity index (χ1v) is 6.63. The van der Waals surface area contributed by atoms with E-state index in [1.807, 2.05) is 4.68 Å². The molecule has 0 fully saturated rings. The predicted molar refractivity (Wildman–Crippen MR) is 75.2 cm³/mol. The van der Waals surface area contributed by atoms with Crippen LogP contribution < -0.4 is 5.32 Å². The number of hydrogen-bond donors (Lipinski definition) is 1. The first kappa shape index (κ1) is 13.7. The maximum Gasteiger partial charge on any atom is 0.170 e. The van der Waals surface area contributed by atoms with Crippen LogP contribution in [-0.2, 0) is 6.54 Å². The molecule has 0 radical (unpaired) electrons. The van der Waals surface area contributed by atoms with E-state index in [-0.39, 0.29) is 0 Å². The van der Waals surface area contributed by atoms with E-state index >= 15 is 0 Å². The normalized spacial score (nSPS) is 11.2. The van der Waals surface area contributed by atoms with Gasteiger partial charge in [-0.15, -0.1) is 5.10 Å². The van der Waals surface area contributed by atoms with Crippen molar-refractivity contribution in [1.29, 1.82) is 0 Å². The number of nitrogens with one attached hydrogen (secondary N) is 1. The Labute approximate surface area is 114 Å². The quantitative estimate of drug-likeness (QED) is 0.892. The molecule has 0 bridgehead atoms. The number of nitrogens with zero attached hydrogens (tertiary/aromatic N) is 4. The van der Waals surface area contributed by atoms with Gasteiger partial charge in [0.2, 0.25) is 0 Å². The Balaban J connectivity index is 2.21. The molecule has 2 aromatic rings. The van der Waals surface area contributed by atoms with Crippen molar-refractivity contribution in [3.8, 4) is 5.69 Å². The highest BCUT2D eigenvalue weighted by molar-refractivity contribution is 5.42. The summed E-state index contributed by atoms with van der Waals surface area (Å²) in [4.78, 5) is 0. The van der Waals surface area contributed by atoms with Gasteiger partial charge >= 0.3 is 0 Å². The summed E-state index contributed by atoms with van der Waals surface area (Å²) in [5.41, 5.74) is 3.42. The topological polar surface area (TPSA) is 55.6 Å². The highest BCUT2D eigenvalue weighted by Crippen LogP contribution is 2.15. The summed E-state index contributed by atoms with van der Waals surface area (Å²) >= 11 is 0. The lowest BCUT2D eigenvalue weighted by Crippen LogP contribution is -2.21. The second kappa shape index (κ2) is 5.93. The molecule has 1 heterocycles. The van der Waals surface area contributed by atoms with Gasteiger partial charge in [-0.2, -0.15) is 4.68 Å². The molecule has 0 aliphatic carbocycles. The third-order valence-corrected chi connectivity index (χ3v) is 2.96. The zero-order chi connectivity index (χ0) is 13.8. The standard InChI is InChI=1S/C14H21N5/c1-10(2)8-15-9-14-16-17-18-19(14)13-7-11(3)5-6-12(13)4/h5-7,10,15H,8-9H2,1-4H3. The van der Waals surface area contributed by atoms with Gasteiger partial charge in [-0.3, -0.25) is 0 Å². The number of aryl methyl sites for hydroxylation is 2. The fraction of sp³-hybridized carbons (Fsp3) is 0.500. The molecule has 1 N–H and O–H groups in total. The Hall–Kier alpha value is -1.75. The monoisotopic (exact) mass is 259 g/mol. The van der Waals surface area contributed by atoms with E-state index in [0.29, 0.717) is 12.5 Å². The summed E-state index contributed by atoms with van der Waals surface area (Å²) in [6.07, 6.45) is 0. The van der Waals surface area contributed by atoms with Crippen LogP contribution in [0.1, 0.15) is 30.8 Å². The van der Waals surface area contributed by atoms with Gasteiger partial charge < -0.3 is 5.32 Å². The van der Waals surface area contributed by atoms with Crippen molar-refractivity contribution in [3.63, 3.8) is 0 Å². The van der Waals surface area contributed by atoms with Gasteiger partial charge in [-0.1, -0.05) is 26.0 Å². The molecule has 0 aliphatic rings. The molecule has 2 rings (SSSR count). The number of hydrogen-bond acceptors (Lipinski definition) is 4. The minimum Gasteiger partial charge on any atom is -0.310 e. The lowest BCUT2D eigenvalue weighted by Gasteiger charge is -2.10. The van der Waals surface area contributed by atoms with Gasteiger partial charge in [0, 0.05) is 0 Å². The molecular formula is C14H21N5. The predicted octanol–water partition coefficient (Wildman–Crippen LogP) is 2.02. The number of benzene rings is 1. The van der Waals surface area contributed by atoms with Crippen LogP contribution in [0.3, 0.4) is 0 Å². The zero-order valence-corrected chi connectivity index (χ0v) is 12.0. The van der Waals surface area contributed by atoms with E-state index in [1.165, 1.54) is 11.1 Å². The van der Waals surface area contributed by atoms with Crippen molar-refractivity contribution in [2.24, 2.45) is 5.92 Å². The van der Waals surface area contributed by atoms with E-state index in [9.17, 15) is 0 Å². The van der Waals surface area contributed by atoms with E-state index in [4.69, 9.17) is 0 Å². The first-order valence-electron chi connectivity index (χ1n) is 6.63. The molecule has 5 nitrogen and oxygen atoms in total. The SMILES string of the molecule is Cc1ccc(C)c(-n2nnnc2CNCC(C)C)c1. The van der Waals surface area contributed by atoms with Crippen molar-refractivity contribution >= 4 is 0 Å². The third-order valence-electron chi connectivity index (χ3n) is 2.96. The second-order valence-corrected chi connectivity index (χ2v) is 5.32. The zero-order valence-electron chi connectivity index (χ0n) is 12.0. The lowest BCUT2D eigenvalue weighted by molar-refractivity contribution is 0.537. The fourth-order valence-corrected chi connectivity index (χ4v) is 1.92. The molecule has 0 saturated heterocycles. The summed E-state index contributed by atoms with van der Waals surface area (Å²) in [6, 6.07) is 6.30. The highest BCUT2D eigenvalue weighted by Gasteiger charge is 2.10. The van der Waals surface area contributed by atoms with Crippen LogP contribution >= 0.6 is 0 Å². The lowest BCUT2D eigenvalue weighted by atomic mass is 10.1. The maximum atomic E-state index is 4.10. The molecular weight excluding hydrogens is 238 g/mol. The van der Waals surface area contributed by atoms with Crippen LogP contribution in [0.2, 0.25) is 0 Å². The molecule has 0 saturated carbocycles. The largest absolute Gasteiger partial charge is 0.310 e. The van der Waals surface area contributed by atoms with Gasteiger partial charge in [0.1, 0.15) is 0 Å². The first-order chi connectivity index (χ1) is 9.08. The van der Waals surface area contributed by atoms with Gasteiger partial charge in [0.25, 0.3) is 0 Å². The van der Waals surface area contributed by atoms with Crippen LogP contribution in [0, 0.1) is 19.8 Å². The molecule has 0 aliphatic heterocycles. The van der Waals surface area contributed by atoms with Crippen molar-refractivity contribution in [2.75, 3.05) is 6.54 Å². The van der Waals surface area contributed by atoms with Gasteiger partial charge in [0.05, 0.1) is 12.2 Å². The van der Waals surface area contributed by atoms with Crippen molar-refractivity contribution in [3.05, 3.63) is 35.2 Å². The summed E-state index contributed by atoms with van der Waals surface area (Å²) in [5.74, 6) is 1.46. The van der Waals surface area contributed by atoms with Crippen LogP contribution in [0.4, 0.5) is 0 Å². The minimum atomic E-state index is 0.616. The minimum absolute atomic E-state index is 0.616.